The molecule has 7 nitrogen and oxygen atoms in total. The smallest absolute Gasteiger partial charge is 0.246 e. The van der Waals surface area contributed by atoms with E-state index in [9.17, 15) is 9.59 Å². The summed E-state index contributed by atoms with van der Waals surface area (Å²) in [6.45, 7) is 2.51. The van der Waals surface area contributed by atoms with Gasteiger partial charge in [-0.05, 0) is 38.5 Å². The number of rotatable bonds is 3. The Morgan fingerprint density at radius 3 is 2.66 bits per heavy atom. The average molecular weight is 418 g/mol. The molecule has 158 valence electrons. The highest BCUT2D eigenvalue weighted by Gasteiger charge is 2.42. The molecule has 0 radical (unpaired) electrons. The van der Waals surface area contributed by atoms with Crippen LogP contribution in [0, 0.1) is 5.92 Å². The van der Waals surface area contributed by atoms with Crippen LogP contribution < -0.4 is 0 Å². The minimum Gasteiger partial charge on any atom is -0.340 e. The third-order valence-corrected chi connectivity index (χ3v) is 8.15. The van der Waals surface area contributed by atoms with Crippen LogP contribution >= 0.6 is 11.8 Å². The van der Waals surface area contributed by atoms with E-state index in [1.165, 1.54) is 19.3 Å². The Morgan fingerprint density at radius 2 is 1.83 bits per heavy atom. The lowest BCUT2D eigenvalue weighted by molar-refractivity contribution is -0.147. The van der Waals surface area contributed by atoms with Crippen LogP contribution in [-0.4, -0.2) is 67.1 Å². The Morgan fingerprint density at radius 1 is 0.931 bits per heavy atom. The monoisotopic (exact) mass is 417 g/mol. The molecule has 2 unspecified atom stereocenters. The van der Waals surface area contributed by atoms with Crippen LogP contribution in [-0.2, 0) is 22.6 Å². The quantitative estimate of drug-likeness (QED) is 0.755. The highest BCUT2D eigenvalue weighted by atomic mass is 32.2. The van der Waals surface area contributed by atoms with E-state index < -0.39 is 0 Å². The van der Waals surface area contributed by atoms with Gasteiger partial charge >= 0.3 is 0 Å². The molecule has 1 saturated carbocycles. The van der Waals surface area contributed by atoms with Crippen LogP contribution in [0.2, 0.25) is 0 Å². The van der Waals surface area contributed by atoms with Gasteiger partial charge in [0.1, 0.15) is 17.7 Å². The number of fused-ring (bicyclic) bond motifs is 1. The summed E-state index contributed by atoms with van der Waals surface area (Å²) in [7, 11) is 0. The number of hydrogen-bond donors (Lipinski definition) is 0. The maximum absolute atomic E-state index is 13.4. The van der Waals surface area contributed by atoms with Crippen LogP contribution in [0.5, 0.6) is 0 Å². The molecular weight excluding hydrogens is 386 g/mol. The topological polar surface area (TPSA) is 71.3 Å². The number of carbonyl (C=O) groups excluding carboxylic acids is 2. The van der Waals surface area contributed by atoms with Gasteiger partial charge < -0.3 is 14.4 Å². The molecule has 2 atom stereocenters. The van der Waals surface area contributed by atoms with Crippen molar-refractivity contribution in [3.63, 3.8) is 0 Å². The van der Waals surface area contributed by atoms with E-state index in [0.717, 1.165) is 69.0 Å². The molecule has 2 saturated heterocycles. The number of nitrogens with zero attached hydrogens (tertiary/aromatic N) is 5. The van der Waals surface area contributed by atoms with Crippen LogP contribution in [0.25, 0.3) is 0 Å². The predicted octanol–water partition coefficient (Wildman–Crippen LogP) is 2.41. The lowest BCUT2D eigenvalue weighted by atomic mass is 9.84. The molecule has 0 N–H and O–H groups in total. The van der Waals surface area contributed by atoms with E-state index in [2.05, 4.69) is 14.8 Å². The Bertz CT molecular complexity index is 777. The Balaban J connectivity index is 1.29. The lowest BCUT2D eigenvalue weighted by Gasteiger charge is -2.37. The van der Waals surface area contributed by atoms with Crippen molar-refractivity contribution in [1.29, 1.82) is 0 Å². The Kier molecular flexibility index (Phi) is 5.54. The predicted molar refractivity (Wildman–Crippen MR) is 111 cm³/mol. The summed E-state index contributed by atoms with van der Waals surface area (Å²) in [5.41, 5.74) is 0. The van der Waals surface area contributed by atoms with Crippen LogP contribution in [0.3, 0.4) is 0 Å². The summed E-state index contributed by atoms with van der Waals surface area (Å²) in [5.74, 6) is 4.35. The molecule has 1 aliphatic carbocycles. The maximum atomic E-state index is 13.4. The summed E-state index contributed by atoms with van der Waals surface area (Å²) in [6, 6.07) is -0.276. The molecule has 0 aromatic carbocycles. The molecule has 8 heteroatoms. The second-order valence-corrected chi connectivity index (χ2v) is 10.0. The minimum atomic E-state index is -0.276. The third kappa shape index (κ3) is 3.68. The molecule has 4 heterocycles. The van der Waals surface area contributed by atoms with Gasteiger partial charge in [0, 0.05) is 43.6 Å². The number of hydrogen-bond acceptors (Lipinski definition) is 5. The van der Waals surface area contributed by atoms with Crippen molar-refractivity contribution < 1.29 is 9.59 Å². The van der Waals surface area contributed by atoms with Crippen molar-refractivity contribution >= 4 is 23.6 Å². The van der Waals surface area contributed by atoms with Crippen LogP contribution in [0.1, 0.15) is 68.9 Å². The first kappa shape index (κ1) is 19.4. The van der Waals surface area contributed by atoms with Gasteiger partial charge in [0.15, 0.2) is 0 Å². The summed E-state index contributed by atoms with van der Waals surface area (Å²) < 4.78 is 2.32. The van der Waals surface area contributed by atoms with E-state index in [0.29, 0.717) is 12.4 Å². The van der Waals surface area contributed by atoms with E-state index in [1.807, 2.05) is 9.80 Å². The molecule has 3 fully saturated rings. The highest BCUT2D eigenvalue weighted by molar-refractivity contribution is 7.99. The molecule has 3 aliphatic heterocycles. The fraction of sp³-hybridized carbons (Fsp3) is 0.810. The van der Waals surface area contributed by atoms with Gasteiger partial charge in [-0.3, -0.25) is 9.59 Å². The van der Waals surface area contributed by atoms with Gasteiger partial charge in [-0.15, -0.1) is 22.0 Å². The van der Waals surface area contributed by atoms with E-state index in [4.69, 9.17) is 0 Å². The summed E-state index contributed by atoms with van der Waals surface area (Å²) in [6.07, 6.45) is 9.83. The first-order valence-corrected chi connectivity index (χ1v) is 12.5. The standard InChI is InChI=1S/C21H31N5O2S/c27-20(15-6-4-7-15)26-14-29-13-17(26)21(28)24-10-5-8-16(12-24)19-23-22-18-9-2-1-3-11-25(18)19/h15-17H,1-14H2. The van der Waals surface area contributed by atoms with Crippen molar-refractivity contribution in [3.8, 4) is 0 Å². The summed E-state index contributed by atoms with van der Waals surface area (Å²) in [4.78, 5) is 30.0. The lowest BCUT2D eigenvalue weighted by Crippen LogP contribution is -2.53. The van der Waals surface area contributed by atoms with Gasteiger partial charge in [-0.2, -0.15) is 0 Å². The zero-order chi connectivity index (χ0) is 19.8. The number of amides is 2. The van der Waals surface area contributed by atoms with Gasteiger partial charge in [0.05, 0.1) is 5.88 Å². The molecule has 1 aromatic rings. The Labute approximate surface area is 176 Å². The highest BCUT2D eigenvalue weighted by Crippen LogP contribution is 2.34. The maximum Gasteiger partial charge on any atom is 0.246 e. The van der Waals surface area contributed by atoms with E-state index in [-0.39, 0.29) is 29.7 Å². The number of aromatic nitrogens is 3. The molecule has 5 rings (SSSR count). The molecule has 2 amide bonds. The third-order valence-electron chi connectivity index (χ3n) is 7.14. The normalized spacial score (nSPS) is 28.0. The largest absolute Gasteiger partial charge is 0.340 e. The number of piperidine rings is 1. The molecule has 29 heavy (non-hydrogen) atoms. The van der Waals surface area contributed by atoms with Crippen molar-refractivity contribution in [2.45, 2.75) is 76.3 Å². The van der Waals surface area contributed by atoms with Gasteiger partial charge in [0.2, 0.25) is 11.8 Å². The second-order valence-electron chi connectivity index (χ2n) is 9.01. The van der Waals surface area contributed by atoms with Crippen molar-refractivity contribution in [2.24, 2.45) is 5.92 Å². The zero-order valence-corrected chi connectivity index (χ0v) is 17.9. The van der Waals surface area contributed by atoms with Gasteiger partial charge in [-0.25, -0.2) is 0 Å². The first-order valence-electron chi connectivity index (χ1n) is 11.3. The van der Waals surface area contributed by atoms with Gasteiger partial charge in [0.25, 0.3) is 0 Å². The van der Waals surface area contributed by atoms with Crippen molar-refractivity contribution in [2.75, 3.05) is 24.7 Å². The first-order chi connectivity index (χ1) is 14.2. The van der Waals surface area contributed by atoms with E-state index >= 15 is 0 Å². The molecule has 0 spiro atoms. The summed E-state index contributed by atoms with van der Waals surface area (Å²) in [5, 5.41) is 9.01. The molecule has 4 aliphatic rings. The van der Waals surface area contributed by atoms with Crippen LogP contribution in [0.4, 0.5) is 0 Å². The summed E-state index contributed by atoms with van der Waals surface area (Å²) >= 11 is 1.71. The second kappa shape index (κ2) is 8.28. The molecule has 1 aromatic heterocycles. The van der Waals surface area contributed by atoms with E-state index in [1.54, 1.807) is 11.8 Å². The fourth-order valence-electron chi connectivity index (χ4n) is 5.16. The molecular formula is C21H31N5O2S. The van der Waals surface area contributed by atoms with Crippen molar-refractivity contribution in [1.82, 2.24) is 24.6 Å². The number of aryl methyl sites for hydroxylation is 1. The van der Waals surface area contributed by atoms with Crippen LogP contribution in [0.15, 0.2) is 0 Å². The fourth-order valence-corrected chi connectivity index (χ4v) is 6.32. The molecule has 0 bridgehead atoms. The number of thioether (sulfide) groups is 1. The van der Waals surface area contributed by atoms with Crippen molar-refractivity contribution in [3.05, 3.63) is 11.6 Å². The minimum absolute atomic E-state index is 0.142. The number of carbonyl (C=O) groups is 2. The SMILES string of the molecule is O=C(C1CSCN1C(=O)C1CCC1)N1CCCC(c2nnc3n2CCCCC3)C1. The average Bonchev–Trinajstić information content (AvgIpc) is 3.28. The van der Waals surface area contributed by atoms with Gasteiger partial charge in [-0.1, -0.05) is 12.8 Å². The zero-order valence-electron chi connectivity index (χ0n) is 17.1. The Hall–Kier alpha value is -1.57. The number of likely N-dealkylation sites (tertiary alicyclic amines) is 1.